The van der Waals surface area contributed by atoms with E-state index in [2.05, 4.69) is 19.1 Å². The summed E-state index contributed by atoms with van der Waals surface area (Å²) in [6.07, 6.45) is 0.661. The lowest BCUT2D eigenvalue weighted by molar-refractivity contribution is -0.133. The minimum Gasteiger partial charge on any atom is -0.298 e. The summed E-state index contributed by atoms with van der Waals surface area (Å²) in [6, 6.07) is 15.8. The fraction of sp³-hybridized carbons (Fsp3) is 0.333. The standard InChI is InChI=1S/C21H24ClN3O/c1-4-24(3)14-21(26)25-20(17-10-5-6-11-18(17)22)13-19(23-25)16-9-7-8-15(2)12-16/h5-12,20H,4,13-14H2,1-3H3. The average molecular weight is 370 g/mol. The SMILES string of the molecule is CCN(C)CC(=O)N1N=C(c2cccc(C)c2)CC1c1ccccc1Cl. The van der Waals surface area contributed by atoms with Crippen LogP contribution in [0.3, 0.4) is 0 Å². The third kappa shape index (κ3) is 3.97. The molecule has 2 aromatic carbocycles. The van der Waals surface area contributed by atoms with Crippen molar-refractivity contribution in [2.75, 3.05) is 20.1 Å². The first-order valence-electron chi connectivity index (χ1n) is 8.89. The highest BCUT2D eigenvalue weighted by molar-refractivity contribution is 6.31. The second-order valence-electron chi connectivity index (χ2n) is 6.73. The zero-order valence-electron chi connectivity index (χ0n) is 15.4. The van der Waals surface area contributed by atoms with Gasteiger partial charge in [0.15, 0.2) is 0 Å². The van der Waals surface area contributed by atoms with Crippen molar-refractivity contribution in [2.45, 2.75) is 26.3 Å². The molecule has 136 valence electrons. The Labute approximate surface area is 160 Å². The van der Waals surface area contributed by atoms with Gasteiger partial charge in [0.25, 0.3) is 5.91 Å². The van der Waals surface area contributed by atoms with Crippen molar-refractivity contribution in [1.82, 2.24) is 9.91 Å². The number of likely N-dealkylation sites (N-methyl/N-ethyl adjacent to an activating group) is 1. The quantitative estimate of drug-likeness (QED) is 0.788. The van der Waals surface area contributed by atoms with Crippen LogP contribution < -0.4 is 0 Å². The topological polar surface area (TPSA) is 35.9 Å². The van der Waals surface area contributed by atoms with Gasteiger partial charge in [0.05, 0.1) is 18.3 Å². The van der Waals surface area contributed by atoms with Gasteiger partial charge in [-0.15, -0.1) is 0 Å². The molecule has 1 unspecified atom stereocenters. The molecule has 0 saturated heterocycles. The van der Waals surface area contributed by atoms with Crippen LogP contribution in [0.4, 0.5) is 0 Å². The first-order chi connectivity index (χ1) is 12.5. The van der Waals surface area contributed by atoms with Gasteiger partial charge < -0.3 is 0 Å². The molecule has 0 radical (unpaired) electrons. The fourth-order valence-electron chi connectivity index (χ4n) is 3.14. The van der Waals surface area contributed by atoms with Crippen LogP contribution in [0.25, 0.3) is 0 Å². The number of hydrazone groups is 1. The van der Waals surface area contributed by atoms with Gasteiger partial charge in [-0.3, -0.25) is 9.69 Å². The van der Waals surface area contributed by atoms with E-state index in [1.807, 2.05) is 55.3 Å². The summed E-state index contributed by atoms with van der Waals surface area (Å²) < 4.78 is 0. The van der Waals surface area contributed by atoms with E-state index in [0.29, 0.717) is 18.0 Å². The van der Waals surface area contributed by atoms with Crippen LogP contribution in [0.5, 0.6) is 0 Å². The Morgan fingerprint density at radius 2 is 2.04 bits per heavy atom. The molecule has 1 heterocycles. The molecule has 1 amide bonds. The summed E-state index contributed by atoms with van der Waals surface area (Å²) >= 11 is 6.43. The molecule has 1 aliphatic rings. The van der Waals surface area contributed by atoms with Crippen molar-refractivity contribution in [1.29, 1.82) is 0 Å². The number of carbonyl (C=O) groups excluding carboxylic acids is 1. The number of nitrogens with zero attached hydrogens (tertiary/aromatic N) is 3. The van der Waals surface area contributed by atoms with Crippen molar-refractivity contribution >= 4 is 23.2 Å². The maximum Gasteiger partial charge on any atom is 0.257 e. The van der Waals surface area contributed by atoms with Gasteiger partial charge in [0, 0.05) is 11.4 Å². The largest absolute Gasteiger partial charge is 0.298 e. The Bertz CT molecular complexity index is 834. The maximum atomic E-state index is 12.9. The monoisotopic (exact) mass is 369 g/mol. The van der Waals surface area contributed by atoms with Crippen LogP contribution in [0.15, 0.2) is 53.6 Å². The molecular weight excluding hydrogens is 346 g/mol. The molecule has 5 heteroatoms. The Hall–Kier alpha value is -2.17. The molecule has 0 spiro atoms. The highest BCUT2D eigenvalue weighted by Crippen LogP contribution is 2.36. The van der Waals surface area contributed by atoms with Gasteiger partial charge in [-0.1, -0.05) is 66.6 Å². The summed E-state index contributed by atoms with van der Waals surface area (Å²) in [4.78, 5) is 14.9. The average Bonchev–Trinajstić information content (AvgIpc) is 3.07. The second kappa shape index (κ2) is 8.02. The van der Waals surface area contributed by atoms with E-state index in [4.69, 9.17) is 16.7 Å². The van der Waals surface area contributed by atoms with Gasteiger partial charge in [-0.2, -0.15) is 5.10 Å². The van der Waals surface area contributed by atoms with Crippen molar-refractivity contribution in [2.24, 2.45) is 5.10 Å². The van der Waals surface area contributed by atoms with E-state index in [1.165, 1.54) is 5.56 Å². The molecule has 2 aromatic rings. The molecule has 0 bridgehead atoms. The minimum absolute atomic E-state index is 0.0121. The highest BCUT2D eigenvalue weighted by atomic mass is 35.5. The molecule has 0 saturated carbocycles. The molecule has 26 heavy (non-hydrogen) atoms. The van der Waals surface area contributed by atoms with Crippen LogP contribution in [0, 0.1) is 6.92 Å². The number of hydrogen-bond acceptors (Lipinski definition) is 3. The smallest absolute Gasteiger partial charge is 0.257 e. The second-order valence-corrected chi connectivity index (χ2v) is 7.13. The molecular formula is C21H24ClN3O. The Kier molecular flexibility index (Phi) is 5.74. The highest BCUT2D eigenvalue weighted by Gasteiger charge is 2.34. The van der Waals surface area contributed by atoms with E-state index < -0.39 is 0 Å². The van der Waals surface area contributed by atoms with E-state index >= 15 is 0 Å². The van der Waals surface area contributed by atoms with Gasteiger partial charge in [-0.05, 0) is 37.7 Å². The Morgan fingerprint density at radius 1 is 1.27 bits per heavy atom. The van der Waals surface area contributed by atoms with Crippen molar-refractivity contribution in [3.63, 3.8) is 0 Å². The van der Waals surface area contributed by atoms with Crippen molar-refractivity contribution in [3.05, 3.63) is 70.2 Å². The summed E-state index contributed by atoms with van der Waals surface area (Å²) in [5.74, 6) is -0.0121. The summed E-state index contributed by atoms with van der Waals surface area (Å²) in [5, 5.41) is 6.98. The molecule has 0 N–H and O–H groups in total. The van der Waals surface area contributed by atoms with Crippen molar-refractivity contribution in [3.8, 4) is 0 Å². The molecule has 1 aliphatic heterocycles. The molecule has 1 atom stereocenters. The zero-order chi connectivity index (χ0) is 18.7. The number of hydrogen-bond donors (Lipinski definition) is 0. The lowest BCUT2D eigenvalue weighted by Gasteiger charge is -2.24. The van der Waals surface area contributed by atoms with Gasteiger partial charge in [0.2, 0.25) is 0 Å². The minimum atomic E-state index is -0.169. The summed E-state index contributed by atoms with van der Waals surface area (Å²) in [7, 11) is 1.93. The molecule has 4 nitrogen and oxygen atoms in total. The van der Waals surface area contributed by atoms with E-state index in [-0.39, 0.29) is 11.9 Å². The zero-order valence-corrected chi connectivity index (χ0v) is 16.2. The Balaban J connectivity index is 1.96. The fourth-order valence-corrected chi connectivity index (χ4v) is 3.40. The third-order valence-electron chi connectivity index (χ3n) is 4.73. The summed E-state index contributed by atoms with van der Waals surface area (Å²) in [6.45, 7) is 5.24. The van der Waals surface area contributed by atoms with Crippen LogP contribution in [0.2, 0.25) is 5.02 Å². The van der Waals surface area contributed by atoms with Crippen LogP contribution in [-0.2, 0) is 4.79 Å². The lowest BCUT2D eigenvalue weighted by Crippen LogP contribution is -2.36. The van der Waals surface area contributed by atoms with Crippen LogP contribution in [0.1, 0.15) is 36.1 Å². The Morgan fingerprint density at radius 3 is 2.73 bits per heavy atom. The van der Waals surface area contributed by atoms with Crippen LogP contribution in [-0.4, -0.2) is 41.7 Å². The van der Waals surface area contributed by atoms with E-state index in [0.717, 1.165) is 23.4 Å². The molecule has 0 fully saturated rings. The first-order valence-corrected chi connectivity index (χ1v) is 9.27. The lowest BCUT2D eigenvalue weighted by atomic mass is 9.97. The predicted octanol–water partition coefficient (Wildman–Crippen LogP) is 4.28. The number of carbonyl (C=O) groups is 1. The number of aryl methyl sites for hydroxylation is 1. The number of amides is 1. The first kappa shape index (κ1) is 18.6. The summed E-state index contributed by atoms with van der Waals surface area (Å²) in [5.41, 5.74) is 4.09. The van der Waals surface area contributed by atoms with E-state index in [1.54, 1.807) is 5.01 Å². The van der Waals surface area contributed by atoms with Gasteiger partial charge >= 0.3 is 0 Å². The van der Waals surface area contributed by atoms with Gasteiger partial charge in [-0.25, -0.2) is 5.01 Å². The molecule has 3 rings (SSSR count). The van der Waals surface area contributed by atoms with Gasteiger partial charge in [0.1, 0.15) is 0 Å². The predicted molar refractivity (Wildman–Crippen MR) is 107 cm³/mol. The third-order valence-corrected chi connectivity index (χ3v) is 5.07. The number of rotatable bonds is 5. The molecule has 0 aliphatic carbocycles. The van der Waals surface area contributed by atoms with Crippen molar-refractivity contribution < 1.29 is 4.79 Å². The molecule has 0 aromatic heterocycles. The van der Waals surface area contributed by atoms with Crippen LogP contribution >= 0.6 is 11.6 Å². The number of benzene rings is 2. The van der Waals surface area contributed by atoms with E-state index in [9.17, 15) is 4.79 Å². The normalized spacial score (nSPS) is 16.9. The maximum absolute atomic E-state index is 12.9. The number of halogens is 1.